The van der Waals surface area contributed by atoms with Crippen LogP contribution in [0.5, 0.6) is 0 Å². The number of rotatable bonds is 4. The second-order valence-electron chi connectivity index (χ2n) is 7.98. The zero-order valence-corrected chi connectivity index (χ0v) is 16.9. The lowest BCUT2D eigenvalue weighted by Gasteiger charge is -2.26. The molecule has 130 valence electrons. The molecule has 2 nitrogen and oxygen atoms in total. The lowest BCUT2D eigenvalue weighted by molar-refractivity contribution is 0.562. The standard InChI is InChI=1S/C19H30N2S.ClH/c1-7-8-9-21-17(20)13-10-14(18(2,3)4)16-15(11-13)19(5,6)12-22-16;/h10-11H,7-9,12H2,1-6H3,(H2,20,21);1H. The number of nitrogens with one attached hydrogen (secondary N) is 2. The Morgan fingerprint density at radius 1 is 1.30 bits per heavy atom. The quantitative estimate of drug-likeness (QED) is 0.425. The molecule has 1 heterocycles. The molecule has 1 aromatic carbocycles. The van der Waals surface area contributed by atoms with E-state index in [0.29, 0.717) is 5.84 Å². The molecule has 1 aliphatic rings. The van der Waals surface area contributed by atoms with Crippen molar-refractivity contribution in [1.82, 2.24) is 5.32 Å². The zero-order chi connectivity index (χ0) is 16.5. The van der Waals surface area contributed by atoms with Gasteiger partial charge in [-0.1, -0.05) is 48.0 Å². The van der Waals surface area contributed by atoms with Gasteiger partial charge in [0.05, 0.1) is 0 Å². The van der Waals surface area contributed by atoms with Gasteiger partial charge in [-0.2, -0.15) is 0 Å². The minimum atomic E-state index is 0. The molecule has 0 spiro atoms. The molecule has 0 atom stereocenters. The number of amidine groups is 1. The van der Waals surface area contributed by atoms with Crippen LogP contribution < -0.4 is 5.32 Å². The Kier molecular flexibility index (Phi) is 6.63. The highest BCUT2D eigenvalue weighted by molar-refractivity contribution is 7.99. The molecular weight excluding hydrogens is 324 g/mol. The van der Waals surface area contributed by atoms with Crippen LogP contribution in [0.15, 0.2) is 17.0 Å². The zero-order valence-electron chi connectivity index (χ0n) is 15.3. The van der Waals surface area contributed by atoms with Gasteiger partial charge in [0.15, 0.2) is 0 Å². The van der Waals surface area contributed by atoms with E-state index in [1.807, 2.05) is 11.8 Å². The summed E-state index contributed by atoms with van der Waals surface area (Å²) < 4.78 is 0. The molecule has 0 unspecified atom stereocenters. The first-order chi connectivity index (χ1) is 10.2. The monoisotopic (exact) mass is 354 g/mol. The first-order valence-corrected chi connectivity index (χ1v) is 9.30. The van der Waals surface area contributed by atoms with Crippen molar-refractivity contribution in [1.29, 1.82) is 5.41 Å². The molecule has 2 N–H and O–H groups in total. The van der Waals surface area contributed by atoms with Crippen LogP contribution in [0.3, 0.4) is 0 Å². The van der Waals surface area contributed by atoms with Crippen LogP contribution in [0, 0.1) is 5.41 Å². The van der Waals surface area contributed by atoms with Gasteiger partial charge in [-0.05, 0) is 35.1 Å². The highest BCUT2D eigenvalue weighted by atomic mass is 35.5. The van der Waals surface area contributed by atoms with Crippen LogP contribution in [0.4, 0.5) is 0 Å². The molecule has 0 amide bonds. The fourth-order valence-corrected chi connectivity index (χ4v) is 4.48. The smallest absolute Gasteiger partial charge is 0.125 e. The molecule has 0 aliphatic carbocycles. The number of fused-ring (bicyclic) bond motifs is 1. The molecule has 1 aliphatic heterocycles. The van der Waals surface area contributed by atoms with Crippen LogP contribution in [0.1, 0.15) is 71.1 Å². The van der Waals surface area contributed by atoms with Crippen LogP contribution in [0.2, 0.25) is 0 Å². The molecule has 0 radical (unpaired) electrons. The molecule has 0 saturated carbocycles. The third-order valence-electron chi connectivity index (χ3n) is 4.32. The average Bonchev–Trinajstić information content (AvgIpc) is 2.73. The van der Waals surface area contributed by atoms with E-state index in [1.165, 1.54) is 16.0 Å². The predicted octanol–water partition coefficient (Wildman–Crippen LogP) is 5.50. The normalized spacial score (nSPS) is 15.7. The Morgan fingerprint density at radius 2 is 1.96 bits per heavy atom. The molecule has 1 aromatic rings. The van der Waals surface area contributed by atoms with Crippen molar-refractivity contribution in [2.75, 3.05) is 12.3 Å². The van der Waals surface area contributed by atoms with E-state index >= 15 is 0 Å². The second kappa shape index (κ2) is 7.48. The van der Waals surface area contributed by atoms with Gasteiger partial charge in [0.25, 0.3) is 0 Å². The fourth-order valence-electron chi connectivity index (χ4n) is 2.81. The summed E-state index contributed by atoms with van der Waals surface area (Å²) in [5.74, 6) is 1.69. The van der Waals surface area contributed by atoms with E-state index in [9.17, 15) is 0 Å². The third-order valence-corrected chi connectivity index (χ3v) is 5.92. The van der Waals surface area contributed by atoms with E-state index in [-0.39, 0.29) is 23.2 Å². The van der Waals surface area contributed by atoms with Gasteiger partial charge in [0, 0.05) is 28.2 Å². The summed E-state index contributed by atoms with van der Waals surface area (Å²) in [6.45, 7) is 14.5. The molecule has 2 rings (SSSR count). The molecular formula is C19H31ClN2S. The largest absolute Gasteiger partial charge is 0.370 e. The Morgan fingerprint density at radius 3 is 2.52 bits per heavy atom. The Balaban J connectivity index is 0.00000264. The van der Waals surface area contributed by atoms with Crippen LogP contribution in [-0.4, -0.2) is 18.1 Å². The van der Waals surface area contributed by atoms with E-state index in [2.05, 4.69) is 59.0 Å². The Bertz CT molecular complexity index is 573. The van der Waals surface area contributed by atoms with Gasteiger partial charge in [-0.25, -0.2) is 0 Å². The molecule has 0 bridgehead atoms. The Labute approximate surface area is 152 Å². The maximum atomic E-state index is 8.38. The van der Waals surface area contributed by atoms with Crippen molar-refractivity contribution in [3.8, 4) is 0 Å². The van der Waals surface area contributed by atoms with Gasteiger partial charge in [0.2, 0.25) is 0 Å². The highest BCUT2D eigenvalue weighted by Crippen LogP contribution is 2.48. The van der Waals surface area contributed by atoms with Crippen molar-refractivity contribution < 1.29 is 0 Å². The summed E-state index contributed by atoms with van der Waals surface area (Å²) in [6, 6.07) is 4.47. The van der Waals surface area contributed by atoms with Crippen molar-refractivity contribution in [3.05, 3.63) is 28.8 Å². The minimum absolute atomic E-state index is 0. The summed E-state index contributed by atoms with van der Waals surface area (Å²) >= 11 is 1.98. The number of unbranched alkanes of at least 4 members (excludes halogenated alkanes) is 1. The fraction of sp³-hybridized carbons (Fsp3) is 0.632. The minimum Gasteiger partial charge on any atom is -0.370 e. The van der Waals surface area contributed by atoms with Crippen LogP contribution in [0.25, 0.3) is 0 Å². The molecule has 4 heteroatoms. The SMILES string of the molecule is CCCCNC(=N)c1cc(C(C)(C)C)c2c(c1)C(C)(C)CS2.Cl. The number of thioether (sulfide) groups is 1. The summed E-state index contributed by atoms with van der Waals surface area (Å²) in [7, 11) is 0. The lowest BCUT2D eigenvalue weighted by Crippen LogP contribution is -2.26. The number of halogens is 1. The van der Waals surface area contributed by atoms with E-state index < -0.39 is 0 Å². The summed E-state index contributed by atoms with van der Waals surface area (Å²) in [5, 5.41) is 11.7. The van der Waals surface area contributed by atoms with E-state index in [0.717, 1.165) is 30.7 Å². The van der Waals surface area contributed by atoms with Gasteiger partial charge in [-0.15, -0.1) is 24.2 Å². The maximum Gasteiger partial charge on any atom is 0.125 e. The number of hydrogen-bond donors (Lipinski definition) is 2. The van der Waals surface area contributed by atoms with Gasteiger partial charge in [-0.3, -0.25) is 5.41 Å². The maximum absolute atomic E-state index is 8.38. The van der Waals surface area contributed by atoms with E-state index in [4.69, 9.17) is 5.41 Å². The molecule has 23 heavy (non-hydrogen) atoms. The number of hydrogen-bond acceptors (Lipinski definition) is 2. The summed E-state index contributed by atoms with van der Waals surface area (Å²) in [5.41, 5.74) is 4.15. The van der Waals surface area contributed by atoms with Crippen molar-refractivity contribution in [3.63, 3.8) is 0 Å². The van der Waals surface area contributed by atoms with Crippen molar-refractivity contribution >= 4 is 30.0 Å². The van der Waals surface area contributed by atoms with Crippen LogP contribution in [-0.2, 0) is 10.8 Å². The third kappa shape index (κ3) is 4.45. The van der Waals surface area contributed by atoms with Crippen LogP contribution >= 0.6 is 24.2 Å². The summed E-state index contributed by atoms with van der Waals surface area (Å²) in [4.78, 5) is 1.45. The van der Waals surface area contributed by atoms with Gasteiger partial charge < -0.3 is 5.32 Å². The molecule has 0 fully saturated rings. The van der Waals surface area contributed by atoms with Gasteiger partial charge >= 0.3 is 0 Å². The topological polar surface area (TPSA) is 35.9 Å². The Hall–Kier alpha value is -0.670. The first-order valence-electron chi connectivity index (χ1n) is 8.31. The predicted molar refractivity (Wildman–Crippen MR) is 106 cm³/mol. The summed E-state index contributed by atoms with van der Waals surface area (Å²) in [6.07, 6.45) is 2.27. The number of benzene rings is 1. The lowest BCUT2D eigenvalue weighted by atomic mass is 9.79. The first kappa shape index (κ1) is 20.4. The molecule has 0 saturated heterocycles. The van der Waals surface area contributed by atoms with E-state index in [1.54, 1.807) is 0 Å². The second-order valence-corrected chi connectivity index (χ2v) is 8.96. The van der Waals surface area contributed by atoms with Crippen molar-refractivity contribution in [2.24, 2.45) is 0 Å². The van der Waals surface area contributed by atoms with Crippen molar-refractivity contribution in [2.45, 2.75) is 70.1 Å². The van der Waals surface area contributed by atoms with Gasteiger partial charge in [0.1, 0.15) is 5.84 Å². The highest BCUT2D eigenvalue weighted by Gasteiger charge is 2.35. The average molecular weight is 355 g/mol. The molecule has 0 aromatic heterocycles.